The minimum atomic E-state index is -3.96. The highest BCUT2D eigenvalue weighted by Gasteiger charge is 2.36. The van der Waals surface area contributed by atoms with Crippen LogP contribution >= 0.6 is 0 Å². The third kappa shape index (κ3) is 3.88. The average Bonchev–Trinajstić information content (AvgIpc) is 3.10. The Labute approximate surface area is 169 Å². The first-order valence-electron chi connectivity index (χ1n) is 8.92. The molecule has 0 saturated carbocycles. The molecule has 1 N–H and O–H groups in total. The number of fused-ring (bicyclic) bond motifs is 3. The van der Waals surface area contributed by atoms with Crippen LogP contribution in [0.25, 0.3) is 5.69 Å². The van der Waals surface area contributed by atoms with Gasteiger partial charge in [0.2, 0.25) is 15.9 Å². The smallest absolute Gasteiger partial charge is 0.274 e. The van der Waals surface area contributed by atoms with Gasteiger partial charge in [-0.2, -0.15) is 4.31 Å². The van der Waals surface area contributed by atoms with Gasteiger partial charge in [0.25, 0.3) is 5.91 Å². The third-order valence-corrected chi connectivity index (χ3v) is 6.55. The van der Waals surface area contributed by atoms with E-state index in [2.05, 4.69) is 10.3 Å². The van der Waals surface area contributed by atoms with E-state index in [0.29, 0.717) is 24.5 Å². The van der Waals surface area contributed by atoms with Gasteiger partial charge in [-0.05, 0) is 12.1 Å². The first-order valence-corrected chi connectivity index (χ1v) is 10.4. The minimum Gasteiger partial charge on any atom is -0.383 e. The van der Waals surface area contributed by atoms with Gasteiger partial charge in [-0.1, -0.05) is 12.1 Å². The Balaban J connectivity index is 2.12. The zero-order valence-electron chi connectivity index (χ0n) is 16.5. The van der Waals surface area contributed by atoms with Crippen molar-refractivity contribution in [1.29, 1.82) is 0 Å². The number of likely N-dealkylation sites (N-methyl/N-ethyl adjacent to an activating group) is 2. The summed E-state index contributed by atoms with van der Waals surface area (Å²) in [6, 6.07) is 6.44. The second kappa shape index (κ2) is 8.31. The van der Waals surface area contributed by atoms with Gasteiger partial charge >= 0.3 is 0 Å². The molecule has 1 aromatic heterocycles. The molecule has 10 nitrogen and oxygen atoms in total. The highest BCUT2D eigenvalue weighted by molar-refractivity contribution is 7.89. The first-order chi connectivity index (χ1) is 13.8. The number of para-hydroxylation sites is 1. The number of nitrogens with one attached hydrogen (secondary N) is 1. The van der Waals surface area contributed by atoms with Crippen LogP contribution in [0.3, 0.4) is 0 Å². The lowest BCUT2D eigenvalue weighted by Crippen LogP contribution is -2.39. The van der Waals surface area contributed by atoms with Crippen molar-refractivity contribution in [3.63, 3.8) is 0 Å². The van der Waals surface area contributed by atoms with Crippen LogP contribution in [0.1, 0.15) is 16.2 Å². The van der Waals surface area contributed by atoms with E-state index in [9.17, 15) is 18.0 Å². The van der Waals surface area contributed by atoms with Crippen LogP contribution in [0.2, 0.25) is 0 Å². The third-order valence-electron chi connectivity index (χ3n) is 4.71. The largest absolute Gasteiger partial charge is 0.383 e. The predicted molar refractivity (Wildman–Crippen MR) is 104 cm³/mol. The maximum Gasteiger partial charge on any atom is 0.274 e. The first kappa shape index (κ1) is 21.0. The molecule has 3 rings (SSSR count). The van der Waals surface area contributed by atoms with Crippen molar-refractivity contribution in [3.05, 3.63) is 42.0 Å². The Kier molecular flexibility index (Phi) is 6.01. The number of benzene rings is 1. The zero-order valence-corrected chi connectivity index (χ0v) is 17.3. The molecule has 0 unspecified atom stereocenters. The number of imidazole rings is 1. The molecule has 0 radical (unpaired) electrons. The Bertz CT molecular complexity index is 1030. The summed E-state index contributed by atoms with van der Waals surface area (Å²) in [7, 11) is 0.638. The van der Waals surface area contributed by atoms with Gasteiger partial charge in [0.05, 0.1) is 31.1 Å². The fourth-order valence-electron chi connectivity index (χ4n) is 3.07. The van der Waals surface area contributed by atoms with Gasteiger partial charge in [-0.15, -0.1) is 0 Å². The second-order valence-electron chi connectivity index (χ2n) is 6.54. The minimum absolute atomic E-state index is 0.0480. The normalized spacial score (nSPS) is 15.1. The van der Waals surface area contributed by atoms with Crippen molar-refractivity contribution in [2.75, 3.05) is 40.9 Å². The van der Waals surface area contributed by atoms with Crippen LogP contribution in [0.5, 0.6) is 0 Å². The van der Waals surface area contributed by atoms with Gasteiger partial charge in [0, 0.05) is 27.7 Å². The lowest BCUT2D eigenvalue weighted by atomic mass is 10.2. The molecule has 2 heterocycles. The van der Waals surface area contributed by atoms with E-state index in [1.165, 1.54) is 24.3 Å². The van der Waals surface area contributed by atoms with E-state index in [0.717, 1.165) is 4.31 Å². The summed E-state index contributed by atoms with van der Waals surface area (Å²) in [5, 5.41) is 2.43. The van der Waals surface area contributed by atoms with Crippen LogP contribution in [0, 0.1) is 0 Å². The van der Waals surface area contributed by atoms with Gasteiger partial charge in [-0.25, -0.2) is 13.4 Å². The molecule has 0 saturated heterocycles. The number of hydrogen-bond acceptors (Lipinski definition) is 6. The topological polar surface area (TPSA) is 114 Å². The van der Waals surface area contributed by atoms with E-state index >= 15 is 0 Å². The highest BCUT2D eigenvalue weighted by atomic mass is 32.2. The summed E-state index contributed by atoms with van der Waals surface area (Å²) >= 11 is 0. The van der Waals surface area contributed by atoms with Gasteiger partial charge < -0.3 is 15.0 Å². The van der Waals surface area contributed by atoms with Gasteiger partial charge in [0.1, 0.15) is 11.2 Å². The quantitative estimate of drug-likeness (QED) is 0.693. The predicted octanol–water partition coefficient (Wildman–Crippen LogP) is -0.159. The van der Waals surface area contributed by atoms with Crippen LogP contribution in [-0.4, -0.2) is 79.9 Å². The van der Waals surface area contributed by atoms with Crippen LogP contribution < -0.4 is 5.32 Å². The molecule has 156 valence electrons. The number of nitrogens with zero attached hydrogens (tertiary/aromatic N) is 4. The molecular formula is C18H23N5O5S. The van der Waals surface area contributed by atoms with E-state index < -0.39 is 15.9 Å². The number of methoxy groups -OCH3 is 1. The second-order valence-corrected chi connectivity index (χ2v) is 8.45. The van der Waals surface area contributed by atoms with E-state index in [1.807, 2.05) is 0 Å². The molecular weight excluding hydrogens is 398 g/mol. The van der Waals surface area contributed by atoms with Crippen molar-refractivity contribution in [3.8, 4) is 5.69 Å². The molecule has 2 aromatic rings. The maximum atomic E-state index is 13.2. The van der Waals surface area contributed by atoms with Gasteiger partial charge in [-0.3, -0.25) is 14.2 Å². The fraction of sp³-hybridized carbons (Fsp3) is 0.389. The van der Waals surface area contributed by atoms with E-state index in [1.54, 1.807) is 36.9 Å². The Morgan fingerprint density at radius 1 is 1.31 bits per heavy atom. The fourth-order valence-corrected chi connectivity index (χ4v) is 4.61. The lowest BCUT2D eigenvalue weighted by molar-refractivity contribution is -0.120. The molecule has 0 spiro atoms. The SMILES string of the molecule is CNC(=O)CN1Cc2c(C(=O)N(C)CCOC)ncn2-c2ccccc2S1(=O)=O. The molecule has 0 bridgehead atoms. The zero-order chi connectivity index (χ0) is 21.2. The number of carbonyl (C=O) groups is 2. The van der Waals surface area contributed by atoms with Crippen LogP contribution in [0.15, 0.2) is 35.5 Å². The molecule has 29 heavy (non-hydrogen) atoms. The molecule has 11 heteroatoms. The number of amides is 2. The summed E-state index contributed by atoms with van der Waals surface area (Å²) in [6.07, 6.45) is 1.43. The molecule has 2 amide bonds. The van der Waals surface area contributed by atoms with Crippen molar-refractivity contribution in [2.45, 2.75) is 11.4 Å². The van der Waals surface area contributed by atoms with Crippen LogP contribution in [-0.2, 0) is 26.1 Å². The van der Waals surface area contributed by atoms with Crippen molar-refractivity contribution in [2.24, 2.45) is 0 Å². The Hall–Kier alpha value is -2.76. The molecule has 1 aliphatic rings. The monoisotopic (exact) mass is 421 g/mol. The Morgan fingerprint density at radius 3 is 2.72 bits per heavy atom. The number of sulfonamides is 1. The van der Waals surface area contributed by atoms with Crippen molar-refractivity contribution in [1.82, 2.24) is 24.1 Å². The van der Waals surface area contributed by atoms with E-state index in [-0.39, 0.29) is 29.6 Å². The molecule has 0 fully saturated rings. The molecule has 0 atom stereocenters. The number of rotatable bonds is 6. The lowest BCUT2D eigenvalue weighted by Gasteiger charge is -2.20. The number of hydrogen-bond donors (Lipinski definition) is 1. The van der Waals surface area contributed by atoms with Crippen molar-refractivity contribution >= 4 is 21.8 Å². The molecule has 0 aliphatic carbocycles. The average molecular weight is 421 g/mol. The van der Waals surface area contributed by atoms with E-state index in [4.69, 9.17) is 4.74 Å². The standard InChI is InChI=1S/C18H23N5O5S/c1-19-16(24)11-22-10-14-17(18(25)21(2)8-9-28-3)20-12-23(14)13-6-4-5-7-15(13)29(22,26)27/h4-7,12H,8-11H2,1-3H3,(H,19,24). The summed E-state index contributed by atoms with van der Waals surface area (Å²) in [5.74, 6) is -0.809. The summed E-state index contributed by atoms with van der Waals surface area (Å²) < 4.78 is 34.0. The van der Waals surface area contributed by atoms with Gasteiger partial charge in [0.15, 0.2) is 5.69 Å². The number of ether oxygens (including phenoxy) is 1. The molecule has 1 aliphatic heterocycles. The van der Waals surface area contributed by atoms with Crippen LogP contribution in [0.4, 0.5) is 0 Å². The summed E-state index contributed by atoms with van der Waals surface area (Å²) in [6.45, 7) is 0.186. The summed E-state index contributed by atoms with van der Waals surface area (Å²) in [4.78, 5) is 30.6. The summed E-state index contributed by atoms with van der Waals surface area (Å²) in [5.41, 5.74) is 0.919. The highest BCUT2D eigenvalue weighted by Crippen LogP contribution is 2.31. The Morgan fingerprint density at radius 2 is 2.03 bits per heavy atom. The maximum absolute atomic E-state index is 13.2. The van der Waals surface area contributed by atoms with Crippen molar-refractivity contribution < 1.29 is 22.7 Å². The number of carbonyl (C=O) groups excluding carboxylic acids is 2. The molecule has 1 aromatic carbocycles. The number of aromatic nitrogens is 2.